The van der Waals surface area contributed by atoms with Gasteiger partial charge in [-0.05, 0) is 38.0 Å². The molecule has 1 amide bonds. The van der Waals surface area contributed by atoms with Gasteiger partial charge in [0.25, 0.3) is 0 Å². The fourth-order valence-corrected chi connectivity index (χ4v) is 5.38. The maximum Gasteiger partial charge on any atom is 0.219 e. The minimum absolute atomic E-state index is 0.0412. The van der Waals surface area contributed by atoms with Crippen LogP contribution in [-0.4, -0.2) is 57.9 Å². The summed E-state index contributed by atoms with van der Waals surface area (Å²) in [6.45, 7) is 4.35. The number of hydrogen-bond donors (Lipinski definition) is 1. The lowest BCUT2D eigenvalue weighted by atomic mass is 9.92. The van der Waals surface area contributed by atoms with Crippen LogP contribution in [0.5, 0.6) is 0 Å². The van der Waals surface area contributed by atoms with E-state index in [-0.39, 0.29) is 17.9 Å². The van der Waals surface area contributed by atoms with Gasteiger partial charge >= 0.3 is 0 Å². The Kier molecular flexibility index (Phi) is 6.30. The molecule has 5 heterocycles. The van der Waals surface area contributed by atoms with Crippen LogP contribution < -0.4 is 5.32 Å². The molecule has 1 fully saturated rings. The number of carbonyl (C=O) groups is 1. The molecule has 1 aliphatic rings. The van der Waals surface area contributed by atoms with Gasteiger partial charge in [0.2, 0.25) is 5.91 Å². The second kappa shape index (κ2) is 9.94. The molecule has 1 aromatic carbocycles. The number of aromatic nitrogens is 7. The minimum Gasteiger partial charge on any atom is -0.349 e. The largest absolute Gasteiger partial charge is 0.349 e. The first-order chi connectivity index (χ1) is 18.9. The van der Waals surface area contributed by atoms with E-state index in [9.17, 15) is 4.79 Å². The van der Waals surface area contributed by atoms with Gasteiger partial charge in [-0.25, -0.2) is 9.97 Å². The number of amides is 1. The minimum atomic E-state index is 0.0412. The number of pyridine rings is 1. The molecule has 2 atom stereocenters. The summed E-state index contributed by atoms with van der Waals surface area (Å²) < 4.78 is 3.74. The number of carbonyl (C=O) groups excluding carboxylic acids is 1. The number of hydrogen-bond acceptors (Lipinski definition) is 7. The smallest absolute Gasteiger partial charge is 0.219 e. The molecule has 39 heavy (non-hydrogen) atoms. The lowest BCUT2D eigenvalue weighted by molar-refractivity contribution is -0.132. The molecule has 0 saturated carbocycles. The molecule has 0 spiro atoms. The summed E-state index contributed by atoms with van der Waals surface area (Å²) in [4.78, 5) is 28.8. The molecule has 10 heteroatoms. The van der Waals surface area contributed by atoms with E-state index in [4.69, 9.17) is 9.97 Å². The zero-order valence-electron chi connectivity index (χ0n) is 22.5. The molecule has 198 valence electrons. The first kappa shape index (κ1) is 24.7. The van der Waals surface area contributed by atoms with Crippen molar-refractivity contribution in [3.05, 3.63) is 67.0 Å². The first-order valence-corrected chi connectivity index (χ1v) is 13.1. The molecular weight excluding hydrogens is 490 g/mol. The third kappa shape index (κ3) is 4.85. The maximum atomic E-state index is 12.3. The fraction of sp³-hybridized carbons (Fsp3) is 0.310. The molecule has 0 radical (unpaired) electrons. The van der Waals surface area contributed by atoms with Crippen LogP contribution in [0.4, 0.5) is 11.5 Å². The van der Waals surface area contributed by atoms with Crippen molar-refractivity contribution in [3.63, 3.8) is 0 Å². The number of aryl methyl sites for hydroxylation is 2. The Morgan fingerprint density at radius 2 is 1.92 bits per heavy atom. The summed E-state index contributed by atoms with van der Waals surface area (Å²) in [7, 11) is 3.86. The molecule has 10 nitrogen and oxygen atoms in total. The SMILES string of the molecule is CC(=O)N1C[C@H](c2nc(Nc3cccc(-c4cn(C)nn4)c3)cc(-c3cncc4c3ccn4C)n2)CC[C@@H]1C. The number of nitrogens with one attached hydrogen (secondary N) is 1. The second-order valence-corrected chi connectivity index (χ2v) is 10.3. The predicted molar refractivity (Wildman–Crippen MR) is 150 cm³/mol. The van der Waals surface area contributed by atoms with E-state index >= 15 is 0 Å². The van der Waals surface area contributed by atoms with Crippen LogP contribution >= 0.6 is 0 Å². The highest BCUT2D eigenvalue weighted by atomic mass is 16.2. The highest BCUT2D eigenvalue weighted by Crippen LogP contribution is 2.34. The molecule has 5 aromatic rings. The molecule has 0 unspecified atom stereocenters. The van der Waals surface area contributed by atoms with Crippen LogP contribution in [0.2, 0.25) is 0 Å². The fourth-order valence-electron chi connectivity index (χ4n) is 5.38. The Balaban J connectivity index is 1.42. The van der Waals surface area contributed by atoms with Crippen molar-refractivity contribution in [1.82, 2.24) is 39.4 Å². The molecule has 0 bridgehead atoms. The Morgan fingerprint density at radius 3 is 2.72 bits per heavy atom. The van der Waals surface area contributed by atoms with E-state index in [1.165, 1.54) is 0 Å². The van der Waals surface area contributed by atoms with Gasteiger partial charge < -0.3 is 14.8 Å². The highest BCUT2D eigenvalue weighted by molar-refractivity contribution is 5.94. The van der Waals surface area contributed by atoms with Gasteiger partial charge in [-0.1, -0.05) is 17.3 Å². The third-order valence-electron chi connectivity index (χ3n) is 7.52. The third-order valence-corrected chi connectivity index (χ3v) is 7.52. The standard InChI is InChI=1S/C29H31N9O/c1-18-8-9-21(16-38(18)19(2)39)29-32-25(24-14-30-15-27-23(24)10-11-36(27)3)13-28(33-29)31-22-7-5-6-20(12-22)26-17-37(4)35-34-26/h5-7,10-15,17-18,21H,8-9,16H2,1-4H3,(H,31,32,33)/t18-,21+/m0/s1. The monoisotopic (exact) mass is 521 g/mol. The van der Waals surface area contributed by atoms with Crippen molar-refractivity contribution in [1.29, 1.82) is 0 Å². The number of likely N-dealkylation sites (tertiary alicyclic amines) is 1. The number of fused-ring (bicyclic) bond motifs is 1. The topological polar surface area (TPSA) is 107 Å². The van der Waals surface area contributed by atoms with E-state index in [0.717, 1.165) is 57.8 Å². The average Bonchev–Trinajstić information content (AvgIpc) is 3.54. The molecule has 4 aromatic heterocycles. The number of piperidine rings is 1. The van der Waals surface area contributed by atoms with Crippen LogP contribution in [-0.2, 0) is 18.9 Å². The molecular formula is C29H31N9O. The maximum absolute atomic E-state index is 12.3. The zero-order valence-corrected chi connectivity index (χ0v) is 22.5. The van der Waals surface area contributed by atoms with E-state index in [2.05, 4.69) is 38.2 Å². The van der Waals surface area contributed by atoms with Gasteiger partial charge in [0, 0.05) is 80.2 Å². The van der Waals surface area contributed by atoms with Gasteiger partial charge in [-0.3, -0.25) is 14.5 Å². The van der Waals surface area contributed by atoms with Gasteiger partial charge in [0.15, 0.2) is 0 Å². The number of rotatable bonds is 5. The number of anilines is 2. The predicted octanol–water partition coefficient (Wildman–Crippen LogP) is 4.68. The van der Waals surface area contributed by atoms with Crippen LogP contribution in [0.3, 0.4) is 0 Å². The number of benzene rings is 1. The summed E-state index contributed by atoms with van der Waals surface area (Å²) in [5.41, 5.74) is 5.41. The number of nitrogens with zero attached hydrogens (tertiary/aromatic N) is 8. The second-order valence-electron chi connectivity index (χ2n) is 10.3. The summed E-state index contributed by atoms with van der Waals surface area (Å²) >= 11 is 0. The van der Waals surface area contributed by atoms with Crippen LogP contribution in [0.25, 0.3) is 33.4 Å². The summed E-state index contributed by atoms with van der Waals surface area (Å²) in [5, 5.41) is 12.9. The average molecular weight is 522 g/mol. The normalized spacial score (nSPS) is 17.5. The van der Waals surface area contributed by atoms with E-state index in [0.29, 0.717) is 12.4 Å². The van der Waals surface area contributed by atoms with Crippen LogP contribution in [0.1, 0.15) is 38.4 Å². The first-order valence-electron chi connectivity index (χ1n) is 13.1. The Bertz CT molecular complexity index is 1670. The van der Waals surface area contributed by atoms with Gasteiger partial charge in [-0.2, -0.15) is 0 Å². The Morgan fingerprint density at radius 1 is 1.05 bits per heavy atom. The summed E-state index contributed by atoms with van der Waals surface area (Å²) in [5.74, 6) is 1.54. The van der Waals surface area contributed by atoms with Crippen molar-refractivity contribution in [3.8, 4) is 22.5 Å². The Labute approximate surface area is 226 Å². The molecule has 1 saturated heterocycles. The van der Waals surface area contributed by atoms with Gasteiger partial charge in [0.05, 0.1) is 23.6 Å². The summed E-state index contributed by atoms with van der Waals surface area (Å²) in [6.07, 6.45) is 9.48. The molecule has 0 aliphatic carbocycles. The van der Waals surface area contributed by atoms with E-state index < -0.39 is 0 Å². The van der Waals surface area contributed by atoms with E-state index in [1.54, 1.807) is 11.6 Å². The lowest BCUT2D eigenvalue weighted by Crippen LogP contribution is -2.44. The molecule has 1 aliphatic heterocycles. The van der Waals surface area contributed by atoms with Gasteiger partial charge in [-0.15, -0.1) is 5.10 Å². The lowest BCUT2D eigenvalue weighted by Gasteiger charge is -2.37. The van der Waals surface area contributed by atoms with Crippen molar-refractivity contribution in [2.24, 2.45) is 14.1 Å². The van der Waals surface area contributed by atoms with Crippen molar-refractivity contribution in [2.45, 2.75) is 38.6 Å². The van der Waals surface area contributed by atoms with Crippen LogP contribution in [0, 0.1) is 0 Å². The van der Waals surface area contributed by atoms with Crippen molar-refractivity contribution in [2.75, 3.05) is 11.9 Å². The van der Waals surface area contributed by atoms with Crippen molar-refractivity contribution >= 4 is 28.3 Å². The van der Waals surface area contributed by atoms with E-state index in [1.807, 2.05) is 74.1 Å². The zero-order chi connectivity index (χ0) is 27.1. The van der Waals surface area contributed by atoms with Crippen molar-refractivity contribution < 1.29 is 4.79 Å². The summed E-state index contributed by atoms with van der Waals surface area (Å²) in [6, 6.07) is 12.3. The van der Waals surface area contributed by atoms with Gasteiger partial charge in [0.1, 0.15) is 17.3 Å². The highest BCUT2D eigenvalue weighted by Gasteiger charge is 2.30. The molecule has 6 rings (SSSR count). The quantitative estimate of drug-likeness (QED) is 0.358. The molecule has 1 N–H and O–H groups in total. The van der Waals surface area contributed by atoms with Crippen LogP contribution in [0.15, 0.2) is 61.2 Å². The Hall–Kier alpha value is -4.60.